The second kappa shape index (κ2) is 41.8. The summed E-state index contributed by atoms with van der Waals surface area (Å²) in [7, 11) is 0. The van der Waals surface area contributed by atoms with Gasteiger partial charge in [-0.25, -0.2) is 4.79 Å². The molecule has 10 heteroatoms. The van der Waals surface area contributed by atoms with E-state index in [2.05, 4.69) is 39.5 Å². The van der Waals surface area contributed by atoms with E-state index in [-0.39, 0.29) is 56.2 Å². The van der Waals surface area contributed by atoms with Gasteiger partial charge in [-0.1, -0.05) is 150 Å². The number of hydrogen-bond donors (Lipinski definition) is 0. The maximum absolute atomic E-state index is 12.7. The Bertz CT molecular complexity index is 912. The molecule has 0 saturated heterocycles. The summed E-state index contributed by atoms with van der Waals surface area (Å²) in [6.07, 6.45) is 26.9. The van der Waals surface area contributed by atoms with Gasteiger partial charge in [0.25, 0.3) is 0 Å². The monoisotopic (exact) mass is 812 g/mol. The quantitative estimate of drug-likeness (QED) is 0.0335. The van der Waals surface area contributed by atoms with Crippen LogP contribution in [0.4, 0.5) is 4.79 Å². The Morgan fingerprint density at radius 1 is 0.421 bits per heavy atom. The molecule has 336 valence electrons. The van der Waals surface area contributed by atoms with Gasteiger partial charge >= 0.3 is 24.1 Å². The highest BCUT2D eigenvalue weighted by atomic mass is 16.7. The van der Waals surface area contributed by atoms with E-state index < -0.39 is 6.16 Å². The minimum absolute atomic E-state index is 0.116. The molecule has 0 heterocycles. The van der Waals surface area contributed by atoms with Crippen LogP contribution in [0.15, 0.2) is 0 Å². The third-order valence-electron chi connectivity index (χ3n) is 10.8. The van der Waals surface area contributed by atoms with Gasteiger partial charge in [0, 0.05) is 38.1 Å². The molecule has 0 N–H and O–H groups in total. The number of hydrogen-bond acceptors (Lipinski definition) is 10. The average Bonchev–Trinajstić information content (AvgIpc) is 3.20. The molecule has 0 bridgehead atoms. The number of rotatable bonds is 42. The van der Waals surface area contributed by atoms with Crippen LogP contribution >= 0.6 is 0 Å². The smallest absolute Gasteiger partial charge is 0.466 e. The van der Waals surface area contributed by atoms with Crippen LogP contribution in [-0.2, 0) is 38.1 Å². The highest BCUT2D eigenvalue weighted by Crippen LogP contribution is 2.17. The maximum Gasteiger partial charge on any atom is 0.508 e. The number of carbonyl (C=O) groups excluding carboxylic acids is 4. The Balaban J connectivity index is 4.79. The second-order valence-electron chi connectivity index (χ2n) is 16.0. The van der Waals surface area contributed by atoms with Gasteiger partial charge in [-0.2, -0.15) is 0 Å². The third-order valence-corrected chi connectivity index (χ3v) is 10.8. The van der Waals surface area contributed by atoms with Gasteiger partial charge in [-0.05, 0) is 58.0 Å². The van der Waals surface area contributed by atoms with Crippen LogP contribution in [0.1, 0.15) is 221 Å². The number of nitrogens with zero attached hydrogens (tertiary/aromatic N) is 1. The van der Waals surface area contributed by atoms with Crippen molar-refractivity contribution in [2.24, 2.45) is 5.92 Å². The van der Waals surface area contributed by atoms with Crippen molar-refractivity contribution in [2.45, 2.75) is 227 Å². The van der Waals surface area contributed by atoms with Crippen LogP contribution < -0.4 is 0 Å². The van der Waals surface area contributed by atoms with Crippen molar-refractivity contribution in [3.8, 4) is 0 Å². The molecule has 10 nitrogen and oxygen atoms in total. The van der Waals surface area contributed by atoms with Crippen LogP contribution in [0, 0.1) is 5.92 Å². The Labute approximate surface area is 350 Å². The summed E-state index contributed by atoms with van der Waals surface area (Å²) in [6.45, 7) is 14.5. The van der Waals surface area contributed by atoms with Gasteiger partial charge in [0.15, 0.2) is 0 Å². The van der Waals surface area contributed by atoms with E-state index in [1.165, 1.54) is 64.2 Å². The van der Waals surface area contributed by atoms with Crippen LogP contribution in [0.5, 0.6) is 0 Å². The predicted octanol–water partition coefficient (Wildman–Crippen LogP) is 12.5. The van der Waals surface area contributed by atoms with E-state index in [0.717, 1.165) is 96.7 Å². The molecule has 57 heavy (non-hydrogen) atoms. The third kappa shape index (κ3) is 37.6. The van der Waals surface area contributed by atoms with Crippen molar-refractivity contribution in [2.75, 3.05) is 46.1 Å². The number of carbonyl (C=O) groups is 4. The first kappa shape index (κ1) is 54.6. The van der Waals surface area contributed by atoms with Crippen molar-refractivity contribution in [3.05, 3.63) is 0 Å². The largest absolute Gasteiger partial charge is 0.508 e. The molecular weight excluding hydrogens is 723 g/mol. The fourth-order valence-electron chi connectivity index (χ4n) is 6.88. The fourth-order valence-corrected chi connectivity index (χ4v) is 6.88. The first-order valence-electron chi connectivity index (χ1n) is 23.8. The highest BCUT2D eigenvalue weighted by molar-refractivity contribution is 5.70. The van der Waals surface area contributed by atoms with Crippen LogP contribution in [0.25, 0.3) is 0 Å². The summed E-state index contributed by atoms with van der Waals surface area (Å²) in [6, 6.07) is 0. The molecule has 0 amide bonds. The minimum Gasteiger partial charge on any atom is -0.466 e. The minimum atomic E-state index is -0.650. The van der Waals surface area contributed by atoms with Gasteiger partial charge < -0.3 is 28.6 Å². The van der Waals surface area contributed by atoms with Crippen molar-refractivity contribution in [3.63, 3.8) is 0 Å². The molecule has 0 aliphatic carbocycles. The second-order valence-corrected chi connectivity index (χ2v) is 16.0. The summed E-state index contributed by atoms with van der Waals surface area (Å²) in [4.78, 5) is 52.3. The summed E-state index contributed by atoms with van der Waals surface area (Å²) < 4.78 is 27.9. The fraction of sp³-hybridized carbons (Fsp3) is 0.915. The highest BCUT2D eigenvalue weighted by Gasteiger charge is 2.18. The summed E-state index contributed by atoms with van der Waals surface area (Å²) in [5.41, 5.74) is 0. The van der Waals surface area contributed by atoms with Gasteiger partial charge in [-0.15, -0.1) is 0 Å². The van der Waals surface area contributed by atoms with Crippen LogP contribution in [0.2, 0.25) is 0 Å². The molecule has 0 saturated carbocycles. The average molecular weight is 812 g/mol. The molecular formula is C47H89NO9. The van der Waals surface area contributed by atoms with Gasteiger partial charge in [0.2, 0.25) is 0 Å². The van der Waals surface area contributed by atoms with Gasteiger partial charge in [-0.3, -0.25) is 14.4 Å². The van der Waals surface area contributed by atoms with E-state index >= 15 is 0 Å². The molecule has 0 aliphatic heterocycles. The molecule has 0 aromatic carbocycles. The molecule has 0 aromatic heterocycles. The molecule has 0 spiro atoms. The Morgan fingerprint density at radius 2 is 0.842 bits per heavy atom. The van der Waals surface area contributed by atoms with Crippen molar-refractivity contribution in [1.29, 1.82) is 0 Å². The topological polar surface area (TPSA) is 118 Å². The molecule has 0 fully saturated rings. The zero-order chi connectivity index (χ0) is 42.0. The van der Waals surface area contributed by atoms with E-state index in [1.807, 2.05) is 0 Å². The van der Waals surface area contributed by atoms with Crippen molar-refractivity contribution >= 4 is 24.1 Å². The molecule has 1 atom stereocenters. The first-order chi connectivity index (χ1) is 27.8. The number of ether oxygens (including phenoxy) is 5. The molecule has 0 aliphatic rings. The Hall–Kier alpha value is -2.36. The zero-order valence-corrected chi connectivity index (χ0v) is 37.7. The number of esters is 3. The van der Waals surface area contributed by atoms with Crippen LogP contribution in [-0.4, -0.2) is 81.1 Å². The predicted molar refractivity (Wildman–Crippen MR) is 231 cm³/mol. The van der Waals surface area contributed by atoms with E-state index in [0.29, 0.717) is 45.1 Å². The SMILES string of the molecule is CCCCCCCCCCCCC(CCOC(=O)CCCCC(COC(=O)CCCCCCC)COC(=O)CCCCCCC)OC(=O)OCCCN(CC)CC. The lowest BCUT2D eigenvalue weighted by Gasteiger charge is -2.19. The Kier molecular flexibility index (Phi) is 40.1. The van der Waals surface area contributed by atoms with Crippen molar-refractivity contribution < 1.29 is 42.9 Å². The first-order valence-corrected chi connectivity index (χ1v) is 23.8. The normalized spacial score (nSPS) is 11.8. The summed E-state index contributed by atoms with van der Waals surface area (Å²) in [5, 5.41) is 0. The molecule has 1 unspecified atom stereocenters. The summed E-state index contributed by atoms with van der Waals surface area (Å²) >= 11 is 0. The summed E-state index contributed by atoms with van der Waals surface area (Å²) in [5.74, 6) is -0.815. The lowest BCUT2D eigenvalue weighted by Crippen LogP contribution is -2.26. The maximum atomic E-state index is 12.7. The van der Waals surface area contributed by atoms with Gasteiger partial charge in [0.1, 0.15) is 6.10 Å². The lowest BCUT2D eigenvalue weighted by atomic mass is 10.0. The molecule has 0 aromatic rings. The van der Waals surface area contributed by atoms with E-state index in [1.54, 1.807) is 0 Å². The molecule has 0 rings (SSSR count). The zero-order valence-electron chi connectivity index (χ0n) is 37.7. The van der Waals surface area contributed by atoms with Crippen molar-refractivity contribution in [1.82, 2.24) is 4.90 Å². The Morgan fingerprint density at radius 3 is 1.33 bits per heavy atom. The van der Waals surface area contributed by atoms with Gasteiger partial charge in [0.05, 0.1) is 26.4 Å². The van der Waals surface area contributed by atoms with Crippen LogP contribution in [0.3, 0.4) is 0 Å². The lowest BCUT2D eigenvalue weighted by molar-refractivity contribution is -0.149. The number of unbranched alkanes of at least 4 members (excludes halogenated alkanes) is 18. The van der Waals surface area contributed by atoms with E-state index in [4.69, 9.17) is 23.7 Å². The molecule has 0 radical (unpaired) electrons. The standard InChI is InChI=1S/C47H89NO9/c1-6-11-14-17-18-19-20-21-24-25-32-43(57-47(52)54-38-30-37-48(9-4)10-5)36-39-53-44(49)35-29-28-31-42(40-55-45(50)33-26-22-15-12-7-2)41-56-46(51)34-27-23-16-13-8-3/h42-43H,6-41H2,1-5H3. The van der Waals surface area contributed by atoms with E-state index in [9.17, 15) is 19.2 Å².